The van der Waals surface area contributed by atoms with Gasteiger partial charge in [0.1, 0.15) is 17.4 Å². The van der Waals surface area contributed by atoms with Crippen molar-refractivity contribution >= 4 is 22.9 Å². The maximum atomic E-state index is 5.83. The van der Waals surface area contributed by atoms with E-state index < -0.39 is 0 Å². The van der Waals surface area contributed by atoms with E-state index in [1.807, 2.05) is 24.3 Å². The molecular formula is C15H19ClN2OS. The third kappa shape index (κ3) is 5.12. The number of aromatic nitrogens is 1. The molecule has 0 saturated heterocycles. The third-order valence-corrected chi connectivity index (χ3v) is 3.88. The lowest BCUT2D eigenvalue weighted by molar-refractivity contribution is 0.305. The van der Waals surface area contributed by atoms with E-state index in [2.05, 4.69) is 22.6 Å². The van der Waals surface area contributed by atoms with E-state index >= 15 is 0 Å². The lowest BCUT2D eigenvalue weighted by Crippen LogP contribution is -2.17. The molecule has 0 unspecified atom stereocenters. The van der Waals surface area contributed by atoms with Crippen molar-refractivity contribution in [2.75, 3.05) is 13.1 Å². The summed E-state index contributed by atoms with van der Waals surface area (Å²) < 4.78 is 5.68. The van der Waals surface area contributed by atoms with Gasteiger partial charge in [0.15, 0.2) is 0 Å². The van der Waals surface area contributed by atoms with Crippen LogP contribution >= 0.6 is 22.9 Å². The summed E-state index contributed by atoms with van der Waals surface area (Å²) in [5.41, 5.74) is 1.13. The lowest BCUT2D eigenvalue weighted by atomic mass is 10.3. The van der Waals surface area contributed by atoms with Crippen molar-refractivity contribution < 1.29 is 4.74 Å². The summed E-state index contributed by atoms with van der Waals surface area (Å²) in [6, 6.07) is 7.38. The van der Waals surface area contributed by atoms with Crippen LogP contribution in [0.3, 0.4) is 0 Å². The average molecular weight is 311 g/mol. The van der Waals surface area contributed by atoms with Crippen molar-refractivity contribution in [2.24, 2.45) is 0 Å². The molecule has 5 heteroatoms. The van der Waals surface area contributed by atoms with Gasteiger partial charge in [0.2, 0.25) is 0 Å². The van der Waals surface area contributed by atoms with Crippen molar-refractivity contribution in [3.63, 3.8) is 0 Å². The lowest BCUT2D eigenvalue weighted by Gasteiger charge is -2.03. The standard InChI is InChI=1S/C15H19ClN2OS/c1-2-8-17-9-7-13-11-20-15(18-13)10-19-14-5-3-12(16)4-6-14/h3-6,11,17H,2,7-10H2,1H3. The van der Waals surface area contributed by atoms with Gasteiger partial charge in [-0.05, 0) is 37.2 Å². The Bertz CT molecular complexity index is 513. The number of thiazole rings is 1. The molecule has 1 N–H and O–H groups in total. The van der Waals surface area contributed by atoms with E-state index in [4.69, 9.17) is 16.3 Å². The molecular weight excluding hydrogens is 292 g/mol. The molecule has 2 aromatic rings. The highest BCUT2D eigenvalue weighted by molar-refractivity contribution is 7.09. The Kier molecular flexibility index (Phi) is 6.30. The SMILES string of the molecule is CCCNCCc1csc(COc2ccc(Cl)cc2)n1. The predicted molar refractivity (Wildman–Crippen MR) is 84.8 cm³/mol. The quantitative estimate of drug-likeness (QED) is 0.750. The van der Waals surface area contributed by atoms with Gasteiger partial charge in [0.25, 0.3) is 0 Å². The summed E-state index contributed by atoms with van der Waals surface area (Å²) in [4.78, 5) is 4.57. The molecule has 0 saturated carbocycles. The Morgan fingerprint density at radius 2 is 2.05 bits per heavy atom. The van der Waals surface area contributed by atoms with Crippen LogP contribution in [0, 0.1) is 0 Å². The number of hydrogen-bond donors (Lipinski definition) is 1. The van der Waals surface area contributed by atoms with Crippen LogP contribution in [-0.2, 0) is 13.0 Å². The fraction of sp³-hybridized carbons (Fsp3) is 0.400. The number of nitrogens with one attached hydrogen (secondary N) is 1. The minimum absolute atomic E-state index is 0.509. The zero-order valence-electron chi connectivity index (χ0n) is 11.6. The van der Waals surface area contributed by atoms with Crippen LogP contribution in [0.25, 0.3) is 0 Å². The summed E-state index contributed by atoms with van der Waals surface area (Å²) in [5, 5.41) is 7.20. The first-order valence-corrected chi connectivity index (χ1v) is 8.06. The van der Waals surface area contributed by atoms with Crippen molar-refractivity contribution in [3.8, 4) is 5.75 Å². The molecule has 1 heterocycles. The molecule has 0 fully saturated rings. The normalized spacial score (nSPS) is 10.7. The molecule has 3 nitrogen and oxygen atoms in total. The van der Waals surface area contributed by atoms with Crippen molar-refractivity contribution in [3.05, 3.63) is 45.4 Å². The number of hydrogen-bond acceptors (Lipinski definition) is 4. The molecule has 2 rings (SSSR count). The van der Waals surface area contributed by atoms with Crippen LogP contribution in [0.2, 0.25) is 5.02 Å². The zero-order valence-corrected chi connectivity index (χ0v) is 13.1. The highest BCUT2D eigenvalue weighted by Gasteiger charge is 2.03. The average Bonchev–Trinajstić information content (AvgIpc) is 2.91. The monoisotopic (exact) mass is 310 g/mol. The molecule has 1 aromatic heterocycles. The highest BCUT2D eigenvalue weighted by Crippen LogP contribution is 2.18. The molecule has 0 aliphatic rings. The number of ether oxygens (including phenoxy) is 1. The number of nitrogens with zero attached hydrogens (tertiary/aromatic N) is 1. The van der Waals surface area contributed by atoms with E-state index in [0.29, 0.717) is 11.6 Å². The number of rotatable bonds is 8. The maximum Gasteiger partial charge on any atom is 0.140 e. The topological polar surface area (TPSA) is 34.1 Å². The Labute approximate surface area is 129 Å². The highest BCUT2D eigenvalue weighted by atomic mass is 35.5. The molecule has 1 aromatic carbocycles. The summed E-state index contributed by atoms with van der Waals surface area (Å²) in [7, 11) is 0. The predicted octanol–water partition coefficient (Wildman–Crippen LogP) is 3.92. The zero-order chi connectivity index (χ0) is 14.2. The second-order valence-electron chi connectivity index (χ2n) is 4.48. The Hall–Kier alpha value is -1.10. The maximum absolute atomic E-state index is 5.83. The van der Waals surface area contributed by atoms with Crippen LogP contribution < -0.4 is 10.1 Å². The van der Waals surface area contributed by atoms with Gasteiger partial charge in [-0.1, -0.05) is 18.5 Å². The van der Waals surface area contributed by atoms with Crippen LogP contribution in [0.15, 0.2) is 29.6 Å². The van der Waals surface area contributed by atoms with Crippen LogP contribution in [-0.4, -0.2) is 18.1 Å². The fourth-order valence-corrected chi connectivity index (χ4v) is 2.59. The fourth-order valence-electron chi connectivity index (χ4n) is 1.72. The minimum Gasteiger partial charge on any atom is -0.486 e. The van der Waals surface area contributed by atoms with E-state index in [1.165, 1.54) is 0 Å². The Morgan fingerprint density at radius 1 is 1.25 bits per heavy atom. The van der Waals surface area contributed by atoms with Gasteiger partial charge >= 0.3 is 0 Å². The summed E-state index contributed by atoms with van der Waals surface area (Å²) >= 11 is 7.48. The summed E-state index contributed by atoms with van der Waals surface area (Å²) in [6.07, 6.45) is 2.13. The van der Waals surface area contributed by atoms with Crippen LogP contribution in [0.5, 0.6) is 5.75 Å². The second-order valence-corrected chi connectivity index (χ2v) is 5.85. The Morgan fingerprint density at radius 3 is 2.80 bits per heavy atom. The first kappa shape index (κ1) is 15.3. The molecule has 0 atom stereocenters. The smallest absolute Gasteiger partial charge is 0.140 e. The number of benzene rings is 1. The molecule has 0 spiro atoms. The van der Waals surface area contributed by atoms with Crippen LogP contribution in [0.1, 0.15) is 24.0 Å². The second kappa shape index (κ2) is 8.25. The van der Waals surface area contributed by atoms with Gasteiger partial charge in [-0.3, -0.25) is 0 Å². The van der Waals surface area contributed by atoms with Crippen LogP contribution in [0.4, 0.5) is 0 Å². The van der Waals surface area contributed by atoms with Gasteiger partial charge < -0.3 is 10.1 Å². The van der Waals surface area contributed by atoms with E-state index in [-0.39, 0.29) is 0 Å². The minimum atomic E-state index is 0.509. The molecule has 20 heavy (non-hydrogen) atoms. The Balaban J connectivity index is 1.76. The molecule has 0 bridgehead atoms. The van der Waals surface area contributed by atoms with Gasteiger partial charge in [-0.25, -0.2) is 4.98 Å². The van der Waals surface area contributed by atoms with E-state index in [9.17, 15) is 0 Å². The third-order valence-electron chi connectivity index (χ3n) is 2.76. The van der Waals surface area contributed by atoms with Gasteiger partial charge in [0.05, 0.1) is 5.69 Å². The first-order valence-electron chi connectivity index (χ1n) is 6.80. The van der Waals surface area contributed by atoms with Gasteiger partial charge in [-0.15, -0.1) is 11.3 Å². The van der Waals surface area contributed by atoms with E-state index in [1.54, 1.807) is 11.3 Å². The molecule has 0 radical (unpaired) electrons. The van der Waals surface area contributed by atoms with Crippen molar-refractivity contribution in [1.29, 1.82) is 0 Å². The molecule has 0 aliphatic carbocycles. The summed E-state index contributed by atoms with van der Waals surface area (Å²) in [6.45, 7) is 4.72. The van der Waals surface area contributed by atoms with Crippen molar-refractivity contribution in [2.45, 2.75) is 26.4 Å². The number of halogens is 1. The molecule has 0 aliphatic heterocycles. The largest absolute Gasteiger partial charge is 0.486 e. The van der Waals surface area contributed by atoms with Crippen molar-refractivity contribution in [1.82, 2.24) is 10.3 Å². The van der Waals surface area contributed by atoms with Gasteiger partial charge in [0, 0.05) is 23.4 Å². The molecule has 0 amide bonds. The summed E-state index contributed by atoms with van der Waals surface area (Å²) in [5.74, 6) is 0.816. The molecule has 108 valence electrons. The van der Waals surface area contributed by atoms with E-state index in [0.717, 1.165) is 42.4 Å². The van der Waals surface area contributed by atoms with Gasteiger partial charge in [-0.2, -0.15) is 0 Å². The first-order chi connectivity index (χ1) is 9.78.